The predicted octanol–water partition coefficient (Wildman–Crippen LogP) is 2.72. The predicted molar refractivity (Wildman–Crippen MR) is 60.6 cm³/mol. The molecular formula is C12H25NO. The van der Waals surface area contributed by atoms with Crippen molar-refractivity contribution in [3.8, 4) is 0 Å². The highest BCUT2D eigenvalue weighted by molar-refractivity contribution is 4.77. The third-order valence-electron chi connectivity index (χ3n) is 3.17. The van der Waals surface area contributed by atoms with Crippen molar-refractivity contribution in [3.05, 3.63) is 0 Å². The van der Waals surface area contributed by atoms with Gasteiger partial charge in [-0.05, 0) is 45.6 Å². The third kappa shape index (κ3) is 3.97. The molecule has 1 unspecified atom stereocenters. The monoisotopic (exact) mass is 199 g/mol. The first-order chi connectivity index (χ1) is 6.76. The lowest BCUT2D eigenvalue weighted by molar-refractivity contribution is -0.0259. The molecule has 0 spiro atoms. The molecule has 0 amide bonds. The van der Waals surface area contributed by atoms with Gasteiger partial charge in [-0.3, -0.25) is 0 Å². The molecule has 1 fully saturated rings. The Morgan fingerprint density at radius 3 is 2.36 bits per heavy atom. The fraction of sp³-hybridized carbons (Fsp3) is 1.00. The molecule has 14 heavy (non-hydrogen) atoms. The average molecular weight is 199 g/mol. The van der Waals surface area contributed by atoms with E-state index in [-0.39, 0.29) is 0 Å². The van der Waals surface area contributed by atoms with Gasteiger partial charge >= 0.3 is 0 Å². The fourth-order valence-corrected chi connectivity index (χ4v) is 2.12. The van der Waals surface area contributed by atoms with Crippen LogP contribution in [-0.4, -0.2) is 24.8 Å². The maximum atomic E-state index is 5.94. The summed E-state index contributed by atoms with van der Waals surface area (Å²) in [6, 6.07) is 0.747. The zero-order valence-electron chi connectivity index (χ0n) is 9.88. The lowest BCUT2D eigenvalue weighted by Gasteiger charge is -2.30. The van der Waals surface area contributed by atoms with E-state index in [1.165, 1.54) is 25.7 Å². The molecule has 2 nitrogen and oxygen atoms in total. The van der Waals surface area contributed by atoms with E-state index in [1.807, 2.05) is 0 Å². The molecule has 0 bridgehead atoms. The molecule has 2 heteroatoms. The zero-order valence-corrected chi connectivity index (χ0v) is 9.88. The summed E-state index contributed by atoms with van der Waals surface area (Å²) in [5.41, 5.74) is 0. The largest absolute Gasteiger partial charge is 0.375 e. The first-order valence-corrected chi connectivity index (χ1v) is 6.15. The summed E-state index contributed by atoms with van der Waals surface area (Å²) in [7, 11) is 0. The summed E-state index contributed by atoms with van der Waals surface area (Å²) in [5, 5.41) is 3.52. The Hall–Kier alpha value is -0.0800. The highest BCUT2D eigenvalue weighted by Crippen LogP contribution is 2.22. The Kier molecular flexibility index (Phi) is 5.49. The van der Waals surface area contributed by atoms with Crippen molar-refractivity contribution >= 4 is 0 Å². The van der Waals surface area contributed by atoms with E-state index in [4.69, 9.17) is 4.74 Å². The summed E-state index contributed by atoms with van der Waals surface area (Å²) in [4.78, 5) is 0. The summed E-state index contributed by atoms with van der Waals surface area (Å²) in [5.74, 6) is 0. The van der Waals surface area contributed by atoms with E-state index in [1.54, 1.807) is 0 Å². The van der Waals surface area contributed by atoms with Crippen molar-refractivity contribution in [1.82, 2.24) is 5.32 Å². The van der Waals surface area contributed by atoms with E-state index < -0.39 is 0 Å². The van der Waals surface area contributed by atoms with Crippen LogP contribution in [-0.2, 0) is 4.74 Å². The minimum absolute atomic E-state index is 0.440. The van der Waals surface area contributed by atoms with Gasteiger partial charge in [0.15, 0.2) is 0 Å². The number of ether oxygens (including phenoxy) is 1. The van der Waals surface area contributed by atoms with Crippen LogP contribution < -0.4 is 5.32 Å². The second kappa shape index (κ2) is 6.41. The van der Waals surface area contributed by atoms with Crippen molar-refractivity contribution in [2.24, 2.45) is 0 Å². The van der Waals surface area contributed by atoms with E-state index in [2.05, 4.69) is 26.1 Å². The molecule has 0 heterocycles. The van der Waals surface area contributed by atoms with Crippen molar-refractivity contribution in [3.63, 3.8) is 0 Å². The van der Waals surface area contributed by atoms with Gasteiger partial charge < -0.3 is 10.1 Å². The van der Waals surface area contributed by atoms with Gasteiger partial charge in [-0.25, -0.2) is 0 Å². The Balaban J connectivity index is 2.15. The van der Waals surface area contributed by atoms with Gasteiger partial charge in [0.1, 0.15) is 0 Å². The summed E-state index contributed by atoms with van der Waals surface area (Å²) < 4.78 is 5.94. The molecule has 0 aromatic rings. The first-order valence-electron chi connectivity index (χ1n) is 6.15. The maximum Gasteiger partial charge on any atom is 0.0580 e. The molecule has 1 rings (SSSR count). The van der Waals surface area contributed by atoms with Crippen LogP contribution in [0.25, 0.3) is 0 Å². The van der Waals surface area contributed by atoms with Gasteiger partial charge in [0, 0.05) is 6.04 Å². The fourth-order valence-electron chi connectivity index (χ4n) is 2.12. The standard InChI is InChI=1S/C12H25NO/c1-4-10(3)14-12-8-6-11(7-9-12)13-5-2/h10-13H,4-9H2,1-3H3. The molecule has 0 aromatic carbocycles. The first kappa shape index (κ1) is 12.0. The van der Waals surface area contributed by atoms with Gasteiger partial charge in [0.05, 0.1) is 12.2 Å². The maximum absolute atomic E-state index is 5.94. The van der Waals surface area contributed by atoms with E-state index in [0.29, 0.717) is 12.2 Å². The molecule has 0 aliphatic heterocycles. The Bertz CT molecular complexity index is 141. The number of nitrogens with one attached hydrogen (secondary N) is 1. The summed E-state index contributed by atoms with van der Waals surface area (Å²) in [6.45, 7) is 7.65. The van der Waals surface area contributed by atoms with Gasteiger partial charge in [-0.15, -0.1) is 0 Å². The number of rotatable bonds is 5. The zero-order chi connectivity index (χ0) is 10.4. The quantitative estimate of drug-likeness (QED) is 0.735. The topological polar surface area (TPSA) is 21.3 Å². The summed E-state index contributed by atoms with van der Waals surface area (Å²) >= 11 is 0. The van der Waals surface area contributed by atoms with E-state index in [0.717, 1.165) is 19.0 Å². The lowest BCUT2D eigenvalue weighted by Crippen LogP contribution is -2.36. The molecule has 1 saturated carbocycles. The third-order valence-corrected chi connectivity index (χ3v) is 3.17. The normalized spacial score (nSPS) is 30.2. The van der Waals surface area contributed by atoms with Crippen LogP contribution in [0.3, 0.4) is 0 Å². The van der Waals surface area contributed by atoms with Crippen LogP contribution in [0, 0.1) is 0 Å². The smallest absolute Gasteiger partial charge is 0.0580 e. The van der Waals surface area contributed by atoms with Gasteiger partial charge in [0.25, 0.3) is 0 Å². The van der Waals surface area contributed by atoms with Crippen LogP contribution in [0.15, 0.2) is 0 Å². The lowest BCUT2D eigenvalue weighted by atomic mass is 9.93. The minimum atomic E-state index is 0.440. The van der Waals surface area contributed by atoms with Crippen LogP contribution >= 0.6 is 0 Å². The SMILES string of the molecule is CCNC1CCC(OC(C)CC)CC1. The van der Waals surface area contributed by atoms with Crippen molar-refractivity contribution in [2.45, 2.75) is 71.1 Å². The second-order valence-electron chi connectivity index (χ2n) is 4.39. The van der Waals surface area contributed by atoms with Crippen LogP contribution in [0.5, 0.6) is 0 Å². The van der Waals surface area contributed by atoms with Gasteiger partial charge in [0.2, 0.25) is 0 Å². The molecule has 1 N–H and O–H groups in total. The molecule has 1 aliphatic rings. The Morgan fingerprint density at radius 1 is 1.21 bits per heavy atom. The van der Waals surface area contributed by atoms with E-state index in [9.17, 15) is 0 Å². The number of hydrogen-bond donors (Lipinski definition) is 1. The van der Waals surface area contributed by atoms with Crippen molar-refractivity contribution in [1.29, 1.82) is 0 Å². The highest BCUT2D eigenvalue weighted by Gasteiger charge is 2.21. The van der Waals surface area contributed by atoms with Gasteiger partial charge in [-0.2, -0.15) is 0 Å². The molecule has 84 valence electrons. The van der Waals surface area contributed by atoms with Crippen molar-refractivity contribution in [2.75, 3.05) is 6.54 Å². The number of hydrogen-bond acceptors (Lipinski definition) is 2. The highest BCUT2D eigenvalue weighted by atomic mass is 16.5. The van der Waals surface area contributed by atoms with Gasteiger partial charge in [-0.1, -0.05) is 13.8 Å². The van der Waals surface area contributed by atoms with Crippen LogP contribution in [0.2, 0.25) is 0 Å². The van der Waals surface area contributed by atoms with Crippen molar-refractivity contribution < 1.29 is 4.74 Å². The second-order valence-corrected chi connectivity index (χ2v) is 4.39. The molecule has 1 atom stereocenters. The Morgan fingerprint density at radius 2 is 1.86 bits per heavy atom. The molecule has 0 saturated heterocycles. The molecule has 1 aliphatic carbocycles. The summed E-state index contributed by atoms with van der Waals surface area (Å²) in [6.07, 6.45) is 7.15. The molecule has 0 aromatic heterocycles. The molecular weight excluding hydrogens is 174 g/mol. The van der Waals surface area contributed by atoms with E-state index >= 15 is 0 Å². The Labute approximate surface area is 88.4 Å². The molecule has 0 radical (unpaired) electrons. The van der Waals surface area contributed by atoms with Crippen LogP contribution in [0.4, 0.5) is 0 Å². The minimum Gasteiger partial charge on any atom is -0.375 e. The van der Waals surface area contributed by atoms with Crippen LogP contribution in [0.1, 0.15) is 52.9 Å². The average Bonchev–Trinajstić information content (AvgIpc) is 2.21.